The molecule has 1 aliphatic heterocycles. The number of nitrogens with zero attached hydrogens (tertiary/aromatic N) is 6. The lowest BCUT2D eigenvalue weighted by Gasteiger charge is -2.36. The molecule has 9 nitrogen and oxygen atoms in total. The molecule has 146 valence electrons. The van der Waals surface area contributed by atoms with Gasteiger partial charge in [0.2, 0.25) is 5.89 Å². The van der Waals surface area contributed by atoms with E-state index in [2.05, 4.69) is 26.0 Å². The Balaban J connectivity index is 1.42. The molecule has 0 atom stereocenters. The van der Waals surface area contributed by atoms with E-state index in [9.17, 15) is 0 Å². The third-order valence-corrected chi connectivity index (χ3v) is 5.28. The summed E-state index contributed by atoms with van der Waals surface area (Å²) < 4.78 is 10.3. The maximum Gasteiger partial charge on any atom is 0.223 e. The first-order valence-electron chi connectivity index (χ1n) is 9.49. The van der Waals surface area contributed by atoms with Crippen LogP contribution in [0.2, 0.25) is 0 Å². The summed E-state index contributed by atoms with van der Waals surface area (Å²) in [5, 5.41) is 3.99. The fraction of sp³-hybridized carbons (Fsp3) is 0.667. The topological polar surface area (TPSA) is 106 Å². The second-order valence-electron chi connectivity index (χ2n) is 7.42. The van der Waals surface area contributed by atoms with Crippen molar-refractivity contribution in [3.8, 4) is 0 Å². The van der Waals surface area contributed by atoms with Crippen LogP contribution in [0.15, 0.2) is 10.6 Å². The van der Waals surface area contributed by atoms with Crippen LogP contribution in [-0.4, -0.2) is 64.3 Å². The Labute approximate surface area is 158 Å². The molecular formula is C18H27N7O2. The molecule has 1 aliphatic carbocycles. The summed E-state index contributed by atoms with van der Waals surface area (Å²) in [7, 11) is 1.67. The summed E-state index contributed by atoms with van der Waals surface area (Å²) in [4.78, 5) is 18.4. The molecular weight excluding hydrogens is 346 g/mol. The van der Waals surface area contributed by atoms with Gasteiger partial charge in [0, 0.05) is 63.9 Å². The van der Waals surface area contributed by atoms with E-state index in [-0.39, 0.29) is 0 Å². The Kier molecular flexibility index (Phi) is 5.33. The van der Waals surface area contributed by atoms with Crippen molar-refractivity contribution in [1.29, 1.82) is 0 Å². The predicted octanol–water partition coefficient (Wildman–Crippen LogP) is 0.841. The van der Waals surface area contributed by atoms with E-state index in [4.69, 9.17) is 25.0 Å². The highest BCUT2D eigenvalue weighted by Gasteiger charge is 2.30. The maximum absolute atomic E-state index is 5.96. The molecule has 0 spiro atoms. The normalized spacial score (nSPS) is 23.4. The van der Waals surface area contributed by atoms with Crippen LogP contribution < -0.4 is 10.6 Å². The molecule has 2 fully saturated rings. The molecule has 0 aromatic carbocycles. The van der Waals surface area contributed by atoms with E-state index in [1.165, 1.54) is 0 Å². The highest BCUT2D eigenvalue weighted by molar-refractivity contribution is 5.42. The number of aryl methyl sites for hydroxylation is 1. The minimum absolute atomic E-state index is 0.302. The number of methoxy groups -OCH3 is 1. The predicted molar refractivity (Wildman–Crippen MR) is 99.2 cm³/mol. The van der Waals surface area contributed by atoms with Gasteiger partial charge in [0.05, 0.1) is 6.54 Å². The molecule has 0 unspecified atom stereocenters. The molecule has 2 aliphatic rings. The van der Waals surface area contributed by atoms with Gasteiger partial charge in [0.15, 0.2) is 11.6 Å². The fourth-order valence-electron chi connectivity index (χ4n) is 3.71. The van der Waals surface area contributed by atoms with E-state index in [1.54, 1.807) is 7.11 Å². The number of hydrogen-bond acceptors (Lipinski definition) is 9. The van der Waals surface area contributed by atoms with Gasteiger partial charge >= 0.3 is 0 Å². The van der Waals surface area contributed by atoms with Gasteiger partial charge in [-0.1, -0.05) is 5.16 Å². The summed E-state index contributed by atoms with van der Waals surface area (Å²) in [6, 6.07) is 2.44. The minimum Gasteiger partial charge on any atom is -0.377 e. The Morgan fingerprint density at radius 1 is 1.15 bits per heavy atom. The summed E-state index contributed by atoms with van der Waals surface area (Å²) in [6.07, 6.45) is 2.00. The van der Waals surface area contributed by atoms with Crippen molar-refractivity contribution in [2.45, 2.75) is 44.9 Å². The standard InChI is InChI=1S/C18H27N7O2/c1-12-20-16(23-27-12)10-24-3-5-25(6-4-24)18-9-15(13-7-14(19)8-13)21-17(22-18)11-26-2/h9,13-14H,3-8,10-11,19H2,1-2H3. The highest BCUT2D eigenvalue weighted by atomic mass is 16.5. The summed E-state index contributed by atoms with van der Waals surface area (Å²) in [5.74, 6) is 3.53. The van der Waals surface area contributed by atoms with Gasteiger partial charge in [0.1, 0.15) is 12.4 Å². The average Bonchev–Trinajstić information content (AvgIpc) is 3.04. The second kappa shape index (κ2) is 7.87. The van der Waals surface area contributed by atoms with E-state index in [0.29, 0.717) is 24.5 Å². The largest absolute Gasteiger partial charge is 0.377 e. The molecule has 2 aromatic heterocycles. The second-order valence-corrected chi connectivity index (χ2v) is 7.42. The van der Waals surface area contributed by atoms with Gasteiger partial charge in [0.25, 0.3) is 0 Å². The number of piperazine rings is 1. The highest BCUT2D eigenvalue weighted by Crippen LogP contribution is 2.35. The molecule has 1 saturated heterocycles. The SMILES string of the molecule is COCc1nc(C2CC(N)C2)cc(N2CCN(Cc3noc(C)n3)CC2)n1. The number of rotatable bonds is 6. The molecule has 2 N–H and O–H groups in total. The van der Waals surface area contributed by atoms with Crippen LogP contribution in [-0.2, 0) is 17.9 Å². The minimum atomic E-state index is 0.302. The van der Waals surface area contributed by atoms with E-state index in [1.807, 2.05) is 6.92 Å². The number of aromatic nitrogens is 4. The molecule has 0 radical (unpaired) electrons. The van der Waals surface area contributed by atoms with Crippen molar-refractivity contribution in [3.05, 3.63) is 29.3 Å². The van der Waals surface area contributed by atoms with E-state index < -0.39 is 0 Å². The average molecular weight is 373 g/mol. The zero-order chi connectivity index (χ0) is 18.8. The lowest BCUT2D eigenvalue weighted by atomic mass is 9.78. The van der Waals surface area contributed by atoms with Crippen molar-refractivity contribution in [3.63, 3.8) is 0 Å². The first-order valence-corrected chi connectivity index (χ1v) is 9.49. The van der Waals surface area contributed by atoms with Crippen LogP contribution in [0.5, 0.6) is 0 Å². The molecule has 4 rings (SSSR count). The third kappa shape index (κ3) is 4.26. The quantitative estimate of drug-likeness (QED) is 0.788. The lowest BCUT2D eigenvalue weighted by Crippen LogP contribution is -2.46. The summed E-state index contributed by atoms with van der Waals surface area (Å²) >= 11 is 0. The molecule has 0 bridgehead atoms. The van der Waals surface area contributed by atoms with E-state index >= 15 is 0 Å². The van der Waals surface area contributed by atoms with Crippen LogP contribution in [0.1, 0.15) is 42.0 Å². The third-order valence-electron chi connectivity index (χ3n) is 5.28. The summed E-state index contributed by atoms with van der Waals surface area (Å²) in [6.45, 7) is 6.63. The Morgan fingerprint density at radius 2 is 1.93 bits per heavy atom. The van der Waals surface area contributed by atoms with Gasteiger partial charge in [-0.3, -0.25) is 4.90 Å². The molecule has 0 amide bonds. The number of anilines is 1. The van der Waals surface area contributed by atoms with Gasteiger partial charge < -0.3 is 19.9 Å². The van der Waals surface area contributed by atoms with Crippen LogP contribution in [0.3, 0.4) is 0 Å². The number of nitrogens with two attached hydrogens (primary N) is 1. The van der Waals surface area contributed by atoms with Crippen molar-refractivity contribution < 1.29 is 9.26 Å². The van der Waals surface area contributed by atoms with Gasteiger partial charge in [-0.15, -0.1) is 0 Å². The molecule has 9 heteroatoms. The summed E-state index contributed by atoms with van der Waals surface area (Å²) in [5.41, 5.74) is 7.06. The van der Waals surface area contributed by atoms with E-state index in [0.717, 1.165) is 68.7 Å². The van der Waals surface area contributed by atoms with Gasteiger partial charge in [-0.25, -0.2) is 9.97 Å². The Bertz CT molecular complexity index is 767. The smallest absolute Gasteiger partial charge is 0.223 e. The Hall–Kier alpha value is -2.10. The molecule has 2 aromatic rings. The first kappa shape index (κ1) is 18.3. The zero-order valence-electron chi connectivity index (χ0n) is 16.0. The van der Waals surface area contributed by atoms with Gasteiger partial charge in [-0.05, 0) is 12.8 Å². The van der Waals surface area contributed by atoms with Crippen LogP contribution >= 0.6 is 0 Å². The van der Waals surface area contributed by atoms with Crippen molar-refractivity contribution in [2.75, 3.05) is 38.2 Å². The lowest BCUT2D eigenvalue weighted by molar-refractivity contribution is 0.177. The number of ether oxygens (including phenoxy) is 1. The van der Waals surface area contributed by atoms with Crippen LogP contribution in [0, 0.1) is 6.92 Å². The van der Waals surface area contributed by atoms with Gasteiger partial charge in [-0.2, -0.15) is 4.98 Å². The molecule has 27 heavy (non-hydrogen) atoms. The zero-order valence-corrected chi connectivity index (χ0v) is 16.0. The first-order chi connectivity index (χ1) is 13.1. The fourth-order valence-corrected chi connectivity index (χ4v) is 3.71. The Morgan fingerprint density at radius 3 is 2.56 bits per heavy atom. The maximum atomic E-state index is 5.96. The molecule has 3 heterocycles. The van der Waals surface area contributed by atoms with Crippen molar-refractivity contribution >= 4 is 5.82 Å². The van der Waals surface area contributed by atoms with Crippen LogP contribution in [0.4, 0.5) is 5.82 Å². The van der Waals surface area contributed by atoms with Crippen molar-refractivity contribution in [2.24, 2.45) is 5.73 Å². The number of hydrogen-bond donors (Lipinski definition) is 1. The monoisotopic (exact) mass is 373 g/mol. The van der Waals surface area contributed by atoms with Crippen molar-refractivity contribution in [1.82, 2.24) is 25.0 Å². The molecule has 1 saturated carbocycles. The van der Waals surface area contributed by atoms with Crippen LogP contribution in [0.25, 0.3) is 0 Å².